The Morgan fingerprint density at radius 1 is 1.70 bits per heavy atom. The molecule has 3 heteroatoms. The molecule has 0 bridgehead atoms. The fourth-order valence-corrected chi connectivity index (χ4v) is 0.441. The van der Waals surface area contributed by atoms with Gasteiger partial charge in [0.15, 0.2) is 0 Å². The molecule has 0 heterocycles. The molecule has 0 saturated heterocycles. The fourth-order valence-electron chi connectivity index (χ4n) is 0.441. The molecule has 0 unspecified atom stereocenters. The number of carbonyl (C=O) groups is 1. The molecule has 0 aromatic carbocycles. The monoisotopic (exact) mass is 141 g/mol. The first-order valence-corrected chi connectivity index (χ1v) is 3.30. The van der Waals surface area contributed by atoms with E-state index in [1.807, 2.05) is 6.92 Å². The summed E-state index contributed by atoms with van der Waals surface area (Å²) in [6, 6.07) is 0. The number of carbonyl (C=O) groups excluding carboxylic acids is 1. The Morgan fingerprint density at radius 3 is 2.90 bits per heavy atom. The van der Waals surface area contributed by atoms with Crippen molar-refractivity contribution in [3.8, 4) is 0 Å². The molecule has 0 amide bonds. The van der Waals surface area contributed by atoms with Crippen molar-refractivity contribution in [1.82, 2.24) is 0 Å². The summed E-state index contributed by atoms with van der Waals surface area (Å²) in [7, 11) is 0. The molecule has 0 aliphatic heterocycles. The normalized spacial score (nSPS) is 8.40. The molecule has 0 fully saturated rings. The largest absolute Gasteiger partial charge is 0.460 e. The van der Waals surface area contributed by atoms with Crippen molar-refractivity contribution in [2.75, 3.05) is 13.2 Å². The molecular weight excluding hydrogens is 130 g/mol. The number of hydrogen-bond acceptors (Lipinski definition) is 2. The standard InChI is InChI=1S/C7H11NO2/c1-3-4-5-10-7(9)6-8-2/h3-6H2,1H3. The number of ether oxygens (including phenoxy) is 1. The minimum atomic E-state index is -0.413. The van der Waals surface area contributed by atoms with Gasteiger partial charge in [0.25, 0.3) is 0 Å². The van der Waals surface area contributed by atoms with E-state index in [1.54, 1.807) is 0 Å². The molecule has 0 spiro atoms. The predicted molar refractivity (Wildman–Crippen MR) is 37.3 cm³/mol. The predicted octanol–water partition coefficient (Wildman–Crippen LogP) is 1.25. The molecule has 0 aliphatic rings. The first kappa shape index (κ1) is 8.96. The van der Waals surface area contributed by atoms with E-state index in [0.29, 0.717) is 6.61 Å². The van der Waals surface area contributed by atoms with E-state index in [0.717, 1.165) is 12.8 Å². The molecular formula is C7H11NO2. The Morgan fingerprint density at radius 2 is 2.40 bits per heavy atom. The molecule has 56 valence electrons. The summed E-state index contributed by atoms with van der Waals surface area (Å²) in [6.07, 6.45) is 1.88. The molecule has 0 rings (SSSR count). The van der Waals surface area contributed by atoms with Crippen LogP contribution < -0.4 is 0 Å². The van der Waals surface area contributed by atoms with E-state index in [9.17, 15) is 4.79 Å². The number of rotatable bonds is 4. The number of unbranched alkanes of at least 4 members (excludes halogenated alkanes) is 1. The quantitative estimate of drug-likeness (QED) is 0.335. The van der Waals surface area contributed by atoms with Crippen LogP contribution in [0.1, 0.15) is 19.8 Å². The second-order valence-corrected chi connectivity index (χ2v) is 1.89. The van der Waals surface area contributed by atoms with Gasteiger partial charge in [-0.3, -0.25) is 0 Å². The lowest BCUT2D eigenvalue weighted by molar-refractivity contribution is -0.141. The summed E-state index contributed by atoms with van der Waals surface area (Å²) >= 11 is 0. The average Bonchev–Trinajstić information content (AvgIpc) is 1.89. The Bertz CT molecular complexity index is 137. The lowest BCUT2D eigenvalue weighted by atomic mass is 10.4. The average molecular weight is 141 g/mol. The van der Waals surface area contributed by atoms with Gasteiger partial charge in [-0.1, -0.05) is 13.3 Å². The summed E-state index contributed by atoms with van der Waals surface area (Å²) in [6.45, 7) is 8.65. The number of esters is 1. The highest BCUT2D eigenvalue weighted by molar-refractivity contribution is 5.73. The molecule has 0 aromatic rings. The van der Waals surface area contributed by atoms with Gasteiger partial charge < -0.3 is 9.58 Å². The smallest absolute Gasteiger partial charge is 0.387 e. The summed E-state index contributed by atoms with van der Waals surface area (Å²) < 4.78 is 4.67. The SMILES string of the molecule is [C-]#[N+]CC(=O)OCCCC. The van der Waals surface area contributed by atoms with Crippen LogP contribution in [0.5, 0.6) is 0 Å². The van der Waals surface area contributed by atoms with E-state index in [1.165, 1.54) is 0 Å². The lowest BCUT2D eigenvalue weighted by Gasteiger charge is -1.96. The van der Waals surface area contributed by atoms with E-state index in [2.05, 4.69) is 9.58 Å². The van der Waals surface area contributed by atoms with Crippen molar-refractivity contribution in [2.45, 2.75) is 19.8 Å². The highest BCUT2D eigenvalue weighted by atomic mass is 16.5. The Kier molecular flexibility index (Phi) is 5.45. The van der Waals surface area contributed by atoms with Crippen molar-refractivity contribution in [1.29, 1.82) is 0 Å². The maximum atomic E-state index is 10.5. The second kappa shape index (κ2) is 6.09. The zero-order chi connectivity index (χ0) is 7.82. The van der Waals surface area contributed by atoms with Gasteiger partial charge in [0.2, 0.25) is 0 Å². The second-order valence-electron chi connectivity index (χ2n) is 1.89. The molecule has 0 N–H and O–H groups in total. The third-order valence-corrected chi connectivity index (χ3v) is 0.969. The Hall–Kier alpha value is -1.04. The maximum absolute atomic E-state index is 10.5. The topological polar surface area (TPSA) is 30.7 Å². The van der Waals surface area contributed by atoms with Crippen LogP contribution in [0.3, 0.4) is 0 Å². The summed E-state index contributed by atoms with van der Waals surface area (Å²) in [4.78, 5) is 13.4. The summed E-state index contributed by atoms with van der Waals surface area (Å²) in [5.74, 6) is -0.413. The maximum Gasteiger partial charge on any atom is 0.387 e. The Balaban J connectivity index is 3.15. The van der Waals surface area contributed by atoms with Crippen molar-refractivity contribution in [2.24, 2.45) is 0 Å². The van der Waals surface area contributed by atoms with Crippen LogP contribution in [-0.2, 0) is 9.53 Å². The lowest BCUT2D eigenvalue weighted by Crippen LogP contribution is -2.07. The third kappa shape index (κ3) is 5.10. The van der Waals surface area contributed by atoms with E-state index in [-0.39, 0.29) is 6.54 Å². The highest BCUT2D eigenvalue weighted by Gasteiger charge is 2.02. The number of hydrogen-bond donors (Lipinski definition) is 0. The van der Waals surface area contributed by atoms with E-state index in [4.69, 9.17) is 6.57 Å². The van der Waals surface area contributed by atoms with Gasteiger partial charge in [-0.05, 0) is 6.42 Å². The van der Waals surface area contributed by atoms with Crippen molar-refractivity contribution in [3.05, 3.63) is 11.4 Å². The molecule has 0 saturated carbocycles. The molecule has 0 atom stereocenters. The van der Waals surface area contributed by atoms with Crippen molar-refractivity contribution < 1.29 is 9.53 Å². The minimum Gasteiger partial charge on any atom is -0.460 e. The highest BCUT2D eigenvalue weighted by Crippen LogP contribution is 1.88. The van der Waals surface area contributed by atoms with Crippen LogP contribution in [0.25, 0.3) is 4.85 Å². The van der Waals surface area contributed by atoms with Crippen LogP contribution in [0.2, 0.25) is 0 Å². The van der Waals surface area contributed by atoms with Gasteiger partial charge in [0.1, 0.15) is 0 Å². The van der Waals surface area contributed by atoms with Crippen molar-refractivity contribution >= 4 is 5.97 Å². The zero-order valence-electron chi connectivity index (χ0n) is 6.09. The van der Waals surface area contributed by atoms with Crippen LogP contribution in [-0.4, -0.2) is 19.1 Å². The van der Waals surface area contributed by atoms with Gasteiger partial charge >= 0.3 is 12.5 Å². The Labute approximate surface area is 60.8 Å². The van der Waals surface area contributed by atoms with Gasteiger partial charge in [0, 0.05) is 0 Å². The third-order valence-electron chi connectivity index (χ3n) is 0.969. The van der Waals surface area contributed by atoms with Crippen LogP contribution in [0.4, 0.5) is 0 Å². The fraction of sp³-hybridized carbons (Fsp3) is 0.714. The number of nitrogens with zero attached hydrogens (tertiary/aromatic N) is 1. The van der Waals surface area contributed by atoms with Crippen LogP contribution in [0.15, 0.2) is 0 Å². The zero-order valence-corrected chi connectivity index (χ0v) is 6.09. The van der Waals surface area contributed by atoms with Gasteiger partial charge in [-0.2, -0.15) is 0 Å². The van der Waals surface area contributed by atoms with Gasteiger partial charge in [0.05, 0.1) is 6.61 Å². The first-order valence-electron chi connectivity index (χ1n) is 3.30. The molecule has 0 aromatic heterocycles. The summed E-state index contributed by atoms with van der Waals surface area (Å²) in [5.41, 5.74) is 0. The molecule has 3 nitrogen and oxygen atoms in total. The van der Waals surface area contributed by atoms with Crippen LogP contribution in [0, 0.1) is 6.57 Å². The molecule has 0 aliphatic carbocycles. The summed E-state index contributed by atoms with van der Waals surface area (Å²) in [5, 5.41) is 0. The van der Waals surface area contributed by atoms with Gasteiger partial charge in [-0.15, -0.1) is 0 Å². The van der Waals surface area contributed by atoms with E-state index >= 15 is 0 Å². The van der Waals surface area contributed by atoms with Crippen LogP contribution >= 0.6 is 0 Å². The minimum absolute atomic E-state index is 0.149. The van der Waals surface area contributed by atoms with Crippen molar-refractivity contribution in [3.63, 3.8) is 0 Å². The first-order chi connectivity index (χ1) is 4.81. The molecule has 10 heavy (non-hydrogen) atoms. The molecule has 0 radical (unpaired) electrons. The van der Waals surface area contributed by atoms with E-state index < -0.39 is 5.97 Å². The van der Waals surface area contributed by atoms with Gasteiger partial charge in [-0.25, -0.2) is 11.4 Å².